The number of hydrazine groups is 1. The van der Waals surface area contributed by atoms with Crippen LogP contribution < -0.4 is 22.2 Å². The van der Waals surface area contributed by atoms with Crippen molar-refractivity contribution < 1.29 is 9.83 Å². The average molecular weight is 336 g/mol. The Morgan fingerprint density at radius 1 is 1.38 bits per heavy atom. The number of amides is 1. The Hall–Kier alpha value is -2.68. The molecule has 2 unspecified atom stereocenters. The molecule has 0 saturated heterocycles. The number of nitrogens with one attached hydrogen (secondary N) is 2. The van der Waals surface area contributed by atoms with Crippen LogP contribution in [0.1, 0.15) is 25.3 Å². The van der Waals surface area contributed by atoms with Gasteiger partial charge in [0.2, 0.25) is 5.91 Å². The molecule has 0 aliphatic heterocycles. The molecule has 0 bridgehead atoms. The van der Waals surface area contributed by atoms with Crippen molar-refractivity contribution in [3.8, 4) is 0 Å². The zero-order valence-corrected chi connectivity index (χ0v) is 13.6. The van der Waals surface area contributed by atoms with E-state index in [2.05, 4.69) is 10.3 Å². The minimum atomic E-state index is -0.768. The summed E-state index contributed by atoms with van der Waals surface area (Å²) in [6, 6.07) is 8.90. The van der Waals surface area contributed by atoms with Crippen molar-refractivity contribution in [2.24, 2.45) is 16.5 Å². The number of carbonyl (C=O) groups is 1. The molecule has 1 amide bonds. The Morgan fingerprint density at radius 3 is 2.67 bits per heavy atom. The maximum absolute atomic E-state index is 12.1. The lowest BCUT2D eigenvalue weighted by atomic mass is 10.1. The number of hydrogen-bond acceptors (Lipinski definition) is 5. The van der Waals surface area contributed by atoms with Crippen LogP contribution >= 0.6 is 0 Å². The molecule has 0 fully saturated rings. The zero-order chi connectivity index (χ0) is 17.9. The number of rotatable bonds is 9. The fourth-order valence-corrected chi connectivity index (χ4v) is 2.11. The Kier molecular flexibility index (Phi) is 8.20. The number of aliphatic imine (C=N–C) groups is 1. The Morgan fingerprint density at radius 2 is 2.04 bits per heavy atom. The highest BCUT2D eigenvalue weighted by molar-refractivity contribution is 5.82. The van der Waals surface area contributed by atoms with Crippen LogP contribution in [0, 0.1) is 10.1 Å². The van der Waals surface area contributed by atoms with E-state index in [4.69, 9.17) is 11.5 Å². The molecule has 1 aromatic carbocycles. The lowest BCUT2D eigenvalue weighted by Crippen LogP contribution is -2.45. The summed E-state index contributed by atoms with van der Waals surface area (Å²) in [5.41, 5.74) is 14.0. The van der Waals surface area contributed by atoms with E-state index in [-0.39, 0.29) is 17.9 Å². The highest BCUT2D eigenvalue weighted by Gasteiger charge is 2.16. The van der Waals surface area contributed by atoms with Crippen molar-refractivity contribution in [1.82, 2.24) is 10.7 Å². The summed E-state index contributed by atoms with van der Waals surface area (Å²) in [5, 5.41) is 12.2. The third-order valence-electron chi connectivity index (χ3n) is 3.31. The van der Waals surface area contributed by atoms with Crippen LogP contribution in [0.5, 0.6) is 0 Å². The third kappa shape index (κ3) is 8.08. The highest BCUT2D eigenvalue weighted by Crippen LogP contribution is 2.03. The average Bonchev–Trinajstić information content (AvgIpc) is 2.51. The van der Waals surface area contributed by atoms with Gasteiger partial charge in [-0.2, -0.15) is 0 Å². The zero-order valence-electron chi connectivity index (χ0n) is 13.6. The molecule has 2 atom stereocenters. The fourth-order valence-electron chi connectivity index (χ4n) is 2.11. The first-order chi connectivity index (χ1) is 11.4. The topological polar surface area (TPSA) is 149 Å². The van der Waals surface area contributed by atoms with Crippen LogP contribution in [0.3, 0.4) is 0 Å². The summed E-state index contributed by atoms with van der Waals surface area (Å²) in [6.45, 7) is 2.21. The maximum Gasteiger partial charge on any atom is 0.251 e. The number of hydrogen-bond donors (Lipinski definition) is 4. The van der Waals surface area contributed by atoms with E-state index in [9.17, 15) is 14.9 Å². The van der Waals surface area contributed by atoms with Gasteiger partial charge >= 0.3 is 0 Å². The summed E-state index contributed by atoms with van der Waals surface area (Å²) in [5.74, 6) is -0.439. The second kappa shape index (κ2) is 10.2. The third-order valence-corrected chi connectivity index (χ3v) is 3.31. The van der Waals surface area contributed by atoms with Gasteiger partial charge in [0, 0.05) is 12.6 Å². The number of carbonyl (C=O) groups excluding carboxylic acids is 1. The van der Waals surface area contributed by atoms with Gasteiger partial charge in [0.05, 0.1) is 6.04 Å². The number of nitro groups is 1. The number of guanidine groups is 1. The van der Waals surface area contributed by atoms with Crippen LogP contribution in [-0.2, 0) is 11.2 Å². The van der Waals surface area contributed by atoms with Crippen molar-refractivity contribution in [2.75, 3.05) is 6.54 Å². The van der Waals surface area contributed by atoms with Crippen molar-refractivity contribution >= 4 is 11.9 Å². The van der Waals surface area contributed by atoms with Gasteiger partial charge in [-0.05, 0) is 31.7 Å². The van der Waals surface area contributed by atoms with Gasteiger partial charge in [-0.3, -0.25) is 4.79 Å². The number of benzene rings is 1. The fraction of sp³-hybridized carbons (Fsp3) is 0.467. The minimum absolute atomic E-state index is 0.0702. The Bertz CT molecular complexity index is 564. The Labute approximate surface area is 140 Å². The van der Waals surface area contributed by atoms with Gasteiger partial charge in [0.15, 0.2) is 5.03 Å². The normalized spacial score (nSPS) is 13.8. The van der Waals surface area contributed by atoms with Gasteiger partial charge in [-0.15, -0.1) is 0 Å². The van der Waals surface area contributed by atoms with Crippen molar-refractivity contribution in [3.05, 3.63) is 46.0 Å². The summed E-state index contributed by atoms with van der Waals surface area (Å²) in [6.07, 6.45) is 1.78. The van der Waals surface area contributed by atoms with E-state index in [0.717, 1.165) is 5.56 Å². The number of nitrogens with zero attached hydrogens (tertiary/aromatic N) is 2. The van der Waals surface area contributed by atoms with Crippen LogP contribution in [0.25, 0.3) is 0 Å². The number of nitrogens with two attached hydrogens (primary N) is 2. The second-order valence-corrected chi connectivity index (χ2v) is 5.48. The van der Waals surface area contributed by atoms with E-state index in [0.29, 0.717) is 25.8 Å². The maximum atomic E-state index is 12.1. The largest absolute Gasteiger partial charge is 0.365 e. The second-order valence-electron chi connectivity index (χ2n) is 5.48. The first-order valence-corrected chi connectivity index (χ1v) is 7.69. The van der Waals surface area contributed by atoms with Crippen LogP contribution in [0.2, 0.25) is 0 Å². The van der Waals surface area contributed by atoms with E-state index >= 15 is 0 Å². The molecule has 0 radical (unpaired) electrons. The molecule has 0 heterocycles. The molecule has 0 saturated carbocycles. The van der Waals surface area contributed by atoms with Gasteiger partial charge in [0.25, 0.3) is 5.96 Å². The molecule has 1 rings (SSSR count). The predicted molar refractivity (Wildman–Crippen MR) is 91.6 cm³/mol. The lowest BCUT2D eigenvalue weighted by molar-refractivity contribution is -0.525. The molecule has 9 heteroatoms. The smallest absolute Gasteiger partial charge is 0.251 e. The molecular formula is C15H24N6O3. The van der Waals surface area contributed by atoms with Crippen molar-refractivity contribution in [1.29, 1.82) is 0 Å². The van der Waals surface area contributed by atoms with Crippen LogP contribution in [-0.4, -0.2) is 35.5 Å². The van der Waals surface area contributed by atoms with E-state index < -0.39 is 11.1 Å². The molecule has 132 valence electrons. The molecule has 1 aromatic rings. The van der Waals surface area contributed by atoms with E-state index in [1.54, 1.807) is 5.43 Å². The van der Waals surface area contributed by atoms with Gasteiger partial charge in [-0.1, -0.05) is 35.8 Å². The Balaban J connectivity index is 2.27. The summed E-state index contributed by atoms with van der Waals surface area (Å²) < 4.78 is 0. The van der Waals surface area contributed by atoms with Crippen LogP contribution in [0.4, 0.5) is 0 Å². The quantitative estimate of drug-likeness (QED) is 0.163. The SMILES string of the molecule is CC(CCCN=C(N)N[N+](=O)[O-])NC(=O)C(N)Cc1ccccc1. The van der Waals surface area contributed by atoms with Gasteiger partial charge < -0.3 is 16.8 Å². The van der Waals surface area contributed by atoms with E-state index in [1.165, 1.54) is 0 Å². The van der Waals surface area contributed by atoms with Gasteiger partial charge in [-0.25, -0.2) is 15.1 Å². The molecule has 0 aliphatic rings. The molecule has 0 spiro atoms. The van der Waals surface area contributed by atoms with E-state index in [1.807, 2.05) is 37.3 Å². The monoisotopic (exact) mass is 336 g/mol. The first-order valence-electron chi connectivity index (χ1n) is 7.69. The summed E-state index contributed by atoms with van der Waals surface area (Å²) in [7, 11) is 0. The molecule has 0 aliphatic carbocycles. The summed E-state index contributed by atoms with van der Waals surface area (Å²) in [4.78, 5) is 26.0. The molecule has 0 aromatic heterocycles. The molecular weight excluding hydrogens is 312 g/mol. The van der Waals surface area contributed by atoms with Gasteiger partial charge in [0.1, 0.15) is 0 Å². The molecule has 9 nitrogen and oxygen atoms in total. The van der Waals surface area contributed by atoms with Crippen LogP contribution in [0.15, 0.2) is 35.3 Å². The molecule has 6 N–H and O–H groups in total. The highest BCUT2D eigenvalue weighted by atomic mass is 16.7. The summed E-state index contributed by atoms with van der Waals surface area (Å²) >= 11 is 0. The lowest BCUT2D eigenvalue weighted by Gasteiger charge is -2.17. The van der Waals surface area contributed by atoms with Crippen molar-refractivity contribution in [3.63, 3.8) is 0 Å². The predicted octanol–water partition coefficient (Wildman–Crippen LogP) is -0.0627. The molecule has 24 heavy (non-hydrogen) atoms. The van der Waals surface area contributed by atoms with Crippen molar-refractivity contribution in [2.45, 2.75) is 38.3 Å². The minimum Gasteiger partial charge on any atom is -0.365 e. The first kappa shape index (κ1) is 19.4. The standard InChI is InChI=1S/C15H24N6O3/c1-11(6-5-9-18-15(17)20-21(23)24)19-14(22)13(16)10-12-7-3-2-4-8-12/h2-4,7-8,11,13H,5-6,9-10,16H2,1H3,(H,19,22)(H3,17,18,20).